The zero-order valence-electron chi connectivity index (χ0n) is 8.97. The standard InChI is InChI=1S/C11H8BrF4NO/c12-7-4-10(18)17(5-7)9-2-1-6(3-8(9)13)11(14,15)16/h1-3,7H,4-5H2. The number of amides is 1. The Morgan fingerprint density at radius 3 is 2.44 bits per heavy atom. The minimum Gasteiger partial charge on any atom is -0.308 e. The van der Waals surface area contributed by atoms with E-state index in [1.54, 1.807) is 0 Å². The van der Waals surface area contributed by atoms with Crippen molar-refractivity contribution < 1.29 is 22.4 Å². The molecule has 2 nitrogen and oxygen atoms in total. The normalized spacial score (nSPS) is 20.6. The summed E-state index contributed by atoms with van der Waals surface area (Å²) in [5.74, 6) is -1.35. The lowest BCUT2D eigenvalue weighted by molar-refractivity contribution is -0.137. The third-order valence-corrected chi connectivity index (χ3v) is 3.26. The molecule has 0 spiro atoms. The van der Waals surface area contributed by atoms with Crippen molar-refractivity contribution in [3.05, 3.63) is 29.6 Å². The molecule has 1 heterocycles. The van der Waals surface area contributed by atoms with Crippen molar-refractivity contribution in [3.63, 3.8) is 0 Å². The number of alkyl halides is 4. The predicted molar refractivity (Wildman–Crippen MR) is 61.1 cm³/mol. The highest BCUT2D eigenvalue weighted by atomic mass is 79.9. The van der Waals surface area contributed by atoms with Crippen molar-refractivity contribution in [1.29, 1.82) is 0 Å². The van der Waals surface area contributed by atoms with Gasteiger partial charge in [0.15, 0.2) is 0 Å². The number of rotatable bonds is 1. The maximum absolute atomic E-state index is 13.6. The van der Waals surface area contributed by atoms with Crippen LogP contribution in [0.5, 0.6) is 0 Å². The van der Waals surface area contributed by atoms with E-state index < -0.39 is 17.6 Å². The molecule has 0 aliphatic carbocycles. The second-order valence-corrected chi connectivity index (χ2v) is 5.26. The molecule has 1 amide bonds. The second-order valence-electron chi connectivity index (χ2n) is 3.97. The Hall–Kier alpha value is -1.11. The zero-order chi connectivity index (χ0) is 13.5. The molecule has 1 atom stereocenters. The quantitative estimate of drug-likeness (QED) is 0.573. The van der Waals surface area contributed by atoms with Crippen LogP contribution in [0.25, 0.3) is 0 Å². The zero-order valence-corrected chi connectivity index (χ0v) is 10.6. The van der Waals surface area contributed by atoms with Crippen LogP contribution in [0.1, 0.15) is 12.0 Å². The van der Waals surface area contributed by atoms with E-state index in [1.165, 1.54) is 0 Å². The third-order valence-electron chi connectivity index (χ3n) is 2.64. The van der Waals surface area contributed by atoms with Gasteiger partial charge in [-0.15, -0.1) is 0 Å². The highest BCUT2D eigenvalue weighted by Crippen LogP contribution is 2.33. The first-order valence-electron chi connectivity index (χ1n) is 5.10. The molecule has 18 heavy (non-hydrogen) atoms. The summed E-state index contributed by atoms with van der Waals surface area (Å²) in [5.41, 5.74) is -1.18. The van der Waals surface area contributed by atoms with Gasteiger partial charge in [0.25, 0.3) is 0 Å². The molecule has 1 unspecified atom stereocenters. The molecule has 0 aromatic heterocycles. The Morgan fingerprint density at radius 1 is 1.33 bits per heavy atom. The number of anilines is 1. The molecule has 0 bridgehead atoms. The highest BCUT2D eigenvalue weighted by Gasteiger charge is 2.34. The Kier molecular flexibility index (Phi) is 3.35. The van der Waals surface area contributed by atoms with Crippen molar-refractivity contribution in [2.24, 2.45) is 0 Å². The fraction of sp³-hybridized carbons (Fsp3) is 0.364. The maximum Gasteiger partial charge on any atom is 0.416 e. The summed E-state index contributed by atoms with van der Waals surface area (Å²) in [4.78, 5) is 12.6. The van der Waals surface area contributed by atoms with Crippen LogP contribution in [0.4, 0.5) is 23.2 Å². The van der Waals surface area contributed by atoms with Gasteiger partial charge < -0.3 is 4.90 Å². The van der Waals surface area contributed by atoms with Crippen LogP contribution < -0.4 is 4.90 Å². The van der Waals surface area contributed by atoms with Crippen LogP contribution in [0, 0.1) is 5.82 Å². The van der Waals surface area contributed by atoms with Crippen LogP contribution in [0.2, 0.25) is 0 Å². The van der Waals surface area contributed by atoms with Crippen molar-refractivity contribution in [2.45, 2.75) is 17.4 Å². The Bertz CT molecular complexity index is 488. The molecular weight excluding hydrogens is 318 g/mol. The van der Waals surface area contributed by atoms with Crippen molar-refractivity contribution in [1.82, 2.24) is 0 Å². The van der Waals surface area contributed by atoms with E-state index in [1.807, 2.05) is 0 Å². The van der Waals surface area contributed by atoms with E-state index in [0.717, 1.165) is 17.0 Å². The van der Waals surface area contributed by atoms with Gasteiger partial charge in [0.05, 0.1) is 11.3 Å². The van der Waals surface area contributed by atoms with Crippen LogP contribution in [-0.2, 0) is 11.0 Å². The van der Waals surface area contributed by atoms with Crippen LogP contribution in [-0.4, -0.2) is 17.3 Å². The third kappa shape index (κ3) is 2.50. The molecule has 1 aliphatic rings. The van der Waals surface area contributed by atoms with Crippen molar-refractivity contribution in [3.8, 4) is 0 Å². The van der Waals surface area contributed by atoms with E-state index in [-0.39, 0.29) is 29.4 Å². The second kappa shape index (κ2) is 4.53. The first-order chi connectivity index (χ1) is 8.29. The molecule has 0 radical (unpaired) electrons. The minimum atomic E-state index is -4.59. The lowest BCUT2D eigenvalue weighted by Gasteiger charge is -2.17. The molecule has 98 valence electrons. The highest BCUT2D eigenvalue weighted by molar-refractivity contribution is 9.09. The molecule has 0 N–H and O–H groups in total. The van der Waals surface area contributed by atoms with Crippen molar-refractivity contribution >= 4 is 27.5 Å². The predicted octanol–water partition coefficient (Wildman–Crippen LogP) is 3.34. The number of hydrogen-bond acceptors (Lipinski definition) is 1. The molecule has 1 aliphatic heterocycles. The number of benzene rings is 1. The van der Waals surface area contributed by atoms with Gasteiger partial charge in [-0.1, -0.05) is 15.9 Å². The van der Waals surface area contributed by atoms with E-state index in [4.69, 9.17) is 0 Å². The Morgan fingerprint density at radius 2 is 2.00 bits per heavy atom. The van der Waals surface area contributed by atoms with Gasteiger partial charge in [-0.25, -0.2) is 4.39 Å². The van der Waals surface area contributed by atoms with Crippen LogP contribution in [0.15, 0.2) is 18.2 Å². The molecule has 7 heteroatoms. The fourth-order valence-electron chi connectivity index (χ4n) is 1.80. The van der Waals surface area contributed by atoms with Gasteiger partial charge in [-0.2, -0.15) is 13.2 Å². The van der Waals surface area contributed by atoms with E-state index >= 15 is 0 Å². The summed E-state index contributed by atoms with van der Waals surface area (Å²) in [5, 5.41) is 0. The van der Waals surface area contributed by atoms with Gasteiger partial charge in [-0.05, 0) is 18.2 Å². The average Bonchev–Trinajstić information content (AvgIpc) is 2.56. The summed E-state index contributed by atoms with van der Waals surface area (Å²) in [6, 6.07) is 2.17. The SMILES string of the molecule is O=C1CC(Br)CN1c1ccc(C(F)(F)F)cc1F. The van der Waals surface area contributed by atoms with Crippen LogP contribution >= 0.6 is 15.9 Å². The topological polar surface area (TPSA) is 20.3 Å². The number of carbonyl (C=O) groups is 1. The number of hydrogen-bond donors (Lipinski definition) is 0. The fourth-order valence-corrected chi connectivity index (χ4v) is 2.37. The summed E-state index contributed by atoms with van der Waals surface area (Å²) >= 11 is 3.22. The molecule has 1 saturated heterocycles. The van der Waals surface area contributed by atoms with Crippen LogP contribution in [0.3, 0.4) is 0 Å². The average molecular weight is 326 g/mol. The Labute approximate surface area is 109 Å². The lowest BCUT2D eigenvalue weighted by Crippen LogP contribution is -2.25. The molecule has 1 fully saturated rings. The smallest absolute Gasteiger partial charge is 0.308 e. The molecular formula is C11H8BrF4NO. The van der Waals surface area contributed by atoms with Gasteiger partial charge in [-0.3, -0.25) is 4.79 Å². The van der Waals surface area contributed by atoms with E-state index in [0.29, 0.717) is 6.07 Å². The maximum atomic E-state index is 13.6. The summed E-state index contributed by atoms with van der Waals surface area (Å²) in [6.45, 7) is 0.251. The molecule has 1 aromatic rings. The van der Waals surface area contributed by atoms with Gasteiger partial charge >= 0.3 is 6.18 Å². The monoisotopic (exact) mass is 325 g/mol. The first kappa shape index (κ1) is 13.3. The Balaban J connectivity index is 2.34. The largest absolute Gasteiger partial charge is 0.416 e. The first-order valence-corrected chi connectivity index (χ1v) is 6.02. The summed E-state index contributed by atoms with van der Waals surface area (Å²) in [6.07, 6.45) is -4.38. The van der Waals surface area contributed by atoms with Crippen molar-refractivity contribution in [2.75, 3.05) is 11.4 Å². The minimum absolute atomic E-state index is 0.105. The summed E-state index contributed by atoms with van der Waals surface area (Å²) < 4.78 is 50.7. The lowest BCUT2D eigenvalue weighted by atomic mass is 10.2. The molecule has 2 rings (SSSR count). The van der Waals surface area contributed by atoms with Gasteiger partial charge in [0.1, 0.15) is 5.82 Å². The number of nitrogens with zero attached hydrogens (tertiary/aromatic N) is 1. The van der Waals surface area contributed by atoms with E-state index in [2.05, 4.69) is 15.9 Å². The molecule has 1 aromatic carbocycles. The number of halogens is 5. The van der Waals surface area contributed by atoms with E-state index in [9.17, 15) is 22.4 Å². The number of carbonyl (C=O) groups excluding carboxylic acids is 1. The summed E-state index contributed by atoms with van der Waals surface area (Å²) in [7, 11) is 0. The van der Waals surface area contributed by atoms with Gasteiger partial charge in [0, 0.05) is 17.8 Å². The molecule has 0 saturated carbocycles. The van der Waals surface area contributed by atoms with Gasteiger partial charge in [0.2, 0.25) is 5.91 Å².